The van der Waals surface area contributed by atoms with Crippen molar-refractivity contribution in [2.24, 2.45) is 0 Å². The minimum Gasteiger partial charge on any atom is -0.397 e. The molecule has 1 aliphatic rings. The molecule has 1 aromatic heterocycles. The molecule has 2 N–H and O–H groups in total. The predicted molar refractivity (Wildman–Crippen MR) is 59.3 cm³/mol. The second-order valence-corrected chi connectivity index (χ2v) is 6.23. The molecule has 0 radical (unpaired) electrons. The smallest absolute Gasteiger partial charge is 0.150 e. The number of pyridine rings is 1. The average Bonchev–Trinajstić information content (AvgIpc) is 2.19. The number of hydrogen-bond acceptors (Lipinski definition) is 4. The molecule has 4 nitrogen and oxygen atoms in total. The third-order valence-electron chi connectivity index (χ3n) is 2.88. The summed E-state index contributed by atoms with van der Waals surface area (Å²) in [7, 11) is -2.79. The quantitative estimate of drug-likeness (QED) is 0.774. The highest BCUT2D eigenvalue weighted by molar-refractivity contribution is 7.91. The van der Waals surface area contributed by atoms with E-state index in [1.807, 2.05) is 6.07 Å². The summed E-state index contributed by atoms with van der Waals surface area (Å²) in [4.78, 5) is 3.93. The first-order chi connectivity index (χ1) is 7.08. The maximum absolute atomic E-state index is 11.3. The highest BCUT2D eigenvalue weighted by Gasteiger charge is 2.25. The Morgan fingerprint density at radius 1 is 1.33 bits per heavy atom. The van der Waals surface area contributed by atoms with Gasteiger partial charge in [-0.1, -0.05) is 0 Å². The van der Waals surface area contributed by atoms with E-state index in [9.17, 15) is 8.42 Å². The summed E-state index contributed by atoms with van der Waals surface area (Å²) in [5.41, 5.74) is 7.52. The van der Waals surface area contributed by atoms with Gasteiger partial charge in [-0.2, -0.15) is 0 Å². The molecule has 0 bridgehead atoms. The Morgan fingerprint density at radius 2 is 2.00 bits per heavy atom. The van der Waals surface area contributed by atoms with Gasteiger partial charge in [-0.15, -0.1) is 0 Å². The third kappa shape index (κ3) is 2.28. The average molecular weight is 226 g/mol. The standard InChI is InChI=1S/C10H14N2O2S/c11-10-7-12-4-1-9(10)8-2-5-15(13,14)6-3-8/h1,4,7-8H,2-3,5-6,11H2. The van der Waals surface area contributed by atoms with E-state index in [4.69, 9.17) is 5.73 Å². The molecule has 1 aromatic rings. The van der Waals surface area contributed by atoms with Crippen LogP contribution in [0.1, 0.15) is 24.3 Å². The van der Waals surface area contributed by atoms with Crippen LogP contribution in [-0.4, -0.2) is 24.9 Å². The summed E-state index contributed by atoms with van der Waals surface area (Å²) < 4.78 is 22.5. The Balaban J connectivity index is 2.18. The number of nitrogens with zero attached hydrogens (tertiary/aromatic N) is 1. The van der Waals surface area contributed by atoms with Crippen LogP contribution in [0.25, 0.3) is 0 Å². The van der Waals surface area contributed by atoms with E-state index in [2.05, 4.69) is 4.98 Å². The van der Waals surface area contributed by atoms with Crippen molar-refractivity contribution in [1.29, 1.82) is 0 Å². The molecule has 1 fully saturated rings. The van der Waals surface area contributed by atoms with E-state index in [1.165, 1.54) is 0 Å². The fraction of sp³-hybridized carbons (Fsp3) is 0.500. The molecule has 1 saturated heterocycles. The van der Waals surface area contributed by atoms with Crippen LogP contribution >= 0.6 is 0 Å². The number of sulfone groups is 1. The number of hydrogen-bond donors (Lipinski definition) is 1. The number of rotatable bonds is 1. The van der Waals surface area contributed by atoms with Gasteiger partial charge in [0.1, 0.15) is 9.84 Å². The van der Waals surface area contributed by atoms with Crippen molar-refractivity contribution >= 4 is 15.5 Å². The Kier molecular flexibility index (Phi) is 2.65. The van der Waals surface area contributed by atoms with Crippen LogP contribution in [0.5, 0.6) is 0 Å². The Morgan fingerprint density at radius 3 is 2.60 bits per heavy atom. The predicted octanol–water partition coefficient (Wildman–Crippen LogP) is 0.956. The molecular weight excluding hydrogens is 212 g/mol. The topological polar surface area (TPSA) is 73.0 Å². The van der Waals surface area contributed by atoms with Crippen LogP contribution in [0.15, 0.2) is 18.5 Å². The zero-order valence-electron chi connectivity index (χ0n) is 8.39. The van der Waals surface area contributed by atoms with Gasteiger partial charge in [0, 0.05) is 6.20 Å². The van der Waals surface area contributed by atoms with Crippen molar-refractivity contribution in [3.63, 3.8) is 0 Å². The van der Waals surface area contributed by atoms with Gasteiger partial charge in [0.15, 0.2) is 0 Å². The van der Waals surface area contributed by atoms with Crippen molar-refractivity contribution in [3.8, 4) is 0 Å². The number of nitrogens with two attached hydrogens (primary N) is 1. The van der Waals surface area contributed by atoms with E-state index < -0.39 is 9.84 Å². The maximum atomic E-state index is 11.3. The minimum absolute atomic E-state index is 0.275. The van der Waals surface area contributed by atoms with Crippen LogP contribution in [-0.2, 0) is 9.84 Å². The Labute approximate surface area is 89.4 Å². The van der Waals surface area contributed by atoms with E-state index in [-0.39, 0.29) is 17.4 Å². The lowest BCUT2D eigenvalue weighted by Gasteiger charge is -2.23. The fourth-order valence-electron chi connectivity index (χ4n) is 1.99. The summed E-state index contributed by atoms with van der Waals surface area (Å²) in [5, 5.41) is 0. The Hall–Kier alpha value is -1.10. The van der Waals surface area contributed by atoms with Gasteiger partial charge in [0.25, 0.3) is 0 Å². The zero-order chi connectivity index (χ0) is 10.9. The second-order valence-electron chi connectivity index (χ2n) is 3.93. The molecule has 2 rings (SSSR count). The molecule has 0 saturated carbocycles. The highest BCUT2D eigenvalue weighted by Crippen LogP contribution is 2.31. The molecule has 0 atom stereocenters. The summed E-state index contributed by atoms with van der Waals surface area (Å²) >= 11 is 0. The van der Waals surface area contributed by atoms with Gasteiger partial charge >= 0.3 is 0 Å². The van der Waals surface area contributed by atoms with Crippen LogP contribution in [0.3, 0.4) is 0 Å². The van der Waals surface area contributed by atoms with Gasteiger partial charge in [0.05, 0.1) is 23.4 Å². The van der Waals surface area contributed by atoms with E-state index in [0.717, 1.165) is 5.56 Å². The largest absolute Gasteiger partial charge is 0.397 e. The normalized spacial score (nSPS) is 21.3. The highest BCUT2D eigenvalue weighted by atomic mass is 32.2. The van der Waals surface area contributed by atoms with Gasteiger partial charge in [0.2, 0.25) is 0 Å². The molecule has 82 valence electrons. The van der Waals surface area contributed by atoms with Crippen molar-refractivity contribution in [2.75, 3.05) is 17.2 Å². The monoisotopic (exact) mass is 226 g/mol. The zero-order valence-corrected chi connectivity index (χ0v) is 9.20. The van der Waals surface area contributed by atoms with Gasteiger partial charge in [-0.25, -0.2) is 8.42 Å². The van der Waals surface area contributed by atoms with E-state index >= 15 is 0 Å². The first-order valence-electron chi connectivity index (χ1n) is 4.98. The molecule has 0 unspecified atom stereocenters. The van der Waals surface area contributed by atoms with E-state index in [0.29, 0.717) is 18.5 Å². The van der Waals surface area contributed by atoms with E-state index in [1.54, 1.807) is 12.4 Å². The van der Waals surface area contributed by atoms with Crippen molar-refractivity contribution < 1.29 is 8.42 Å². The van der Waals surface area contributed by atoms with Crippen LogP contribution in [0.4, 0.5) is 5.69 Å². The number of aromatic nitrogens is 1. The summed E-state index contributed by atoms with van der Waals surface area (Å²) in [6, 6.07) is 1.89. The lowest BCUT2D eigenvalue weighted by Crippen LogP contribution is -2.22. The van der Waals surface area contributed by atoms with Crippen molar-refractivity contribution in [3.05, 3.63) is 24.0 Å². The number of nitrogen functional groups attached to an aromatic ring is 1. The second kappa shape index (κ2) is 3.81. The molecule has 0 aromatic carbocycles. The molecule has 5 heteroatoms. The van der Waals surface area contributed by atoms with Gasteiger partial charge in [-0.05, 0) is 30.4 Å². The van der Waals surface area contributed by atoms with Crippen LogP contribution in [0, 0.1) is 0 Å². The van der Waals surface area contributed by atoms with Crippen molar-refractivity contribution in [1.82, 2.24) is 4.98 Å². The fourth-order valence-corrected chi connectivity index (χ4v) is 3.48. The molecular formula is C10H14N2O2S. The lowest BCUT2D eigenvalue weighted by atomic mass is 9.93. The Bertz CT molecular complexity index is 442. The van der Waals surface area contributed by atoms with Gasteiger partial charge in [-0.3, -0.25) is 4.98 Å². The SMILES string of the molecule is Nc1cnccc1C1CCS(=O)(=O)CC1. The summed E-state index contributed by atoms with van der Waals surface area (Å²) in [6.45, 7) is 0. The maximum Gasteiger partial charge on any atom is 0.150 e. The summed E-state index contributed by atoms with van der Waals surface area (Å²) in [5.74, 6) is 0.829. The first kappa shape index (κ1) is 10.4. The third-order valence-corrected chi connectivity index (χ3v) is 4.60. The minimum atomic E-state index is -2.79. The molecule has 0 aliphatic carbocycles. The van der Waals surface area contributed by atoms with Crippen LogP contribution in [0.2, 0.25) is 0 Å². The van der Waals surface area contributed by atoms with Gasteiger partial charge < -0.3 is 5.73 Å². The molecule has 15 heavy (non-hydrogen) atoms. The summed E-state index contributed by atoms with van der Waals surface area (Å²) in [6.07, 6.45) is 4.68. The first-order valence-corrected chi connectivity index (χ1v) is 6.80. The van der Waals surface area contributed by atoms with Crippen LogP contribution < -0.4 is 5.73 Å². The lowest BCUT2D eigenvalue weighted by molar-refractivity contribution is 0.550. The number of anilines is 1. The molecule has 2 heterocycles. The van der Waals surface area contributed by atoms with Crippen molar-refractivity contribution in [2.45, 2.75) is 18.8 Å². The molecule has 0 spiro atoms. The molecule has 0 amide bonds. The molecule has 1 aliphatic heterocycles.